The van der Waals surface area contributed by atoms with Crippen molar-refractivity contribution in [2.75, 3.05) is 24.8 Å². The highest BCUT2D eigenvalue weighted by atomic mass is 35.5. The lowest BCUT2D eigenvalue weighted by Crippen LogP contribution is -2.34. The van der Waals surface area contributed by atoms with E-state index in [0.717, 1.165) is 11.3 Å². The number of halogens is 1. The van der Waals surface area contributed by atoms with Crippen LogP contribution in [0.3, 0.4) is 0 Å². The molecule has 2 N–H and O–H groups in total. The number of sulfone groups is 1. The number of hydrogen-bond donors (Lipinski definition) is 1. The summed E-state index contributed by atoms with van der Waals surface area (Å²) in [5, 5.41) is 0. The third kappa shape index (κ3) is 6.23. The second-order valence-corrected chi connectivity index (χ2v) is 6.79. The van der Waals surface area contributed by atoms with E-state index in [2.05, 4.69) is 0 Å². The van der Waals surface area contributed by atoms with Crippen molar-refractivity contribution in [3.8, 4) is 0 Å². The van der Waals surface area contributed by atoms with Crippen LogP contribution >= 0.6 is 12.4 Å². The molecule has 0 saturated carbocycles. The number of nitrogen functional groups attached to an aromatic ring is 1. The van der Waals surface area contributed by atoms with E-state index >= 15 is 0 Å². The third-order valence-electron chi connectivity index (χ3n) is 2.68. The van der Waals surface area contributed by atoms with Crippen molar-refractivity contribution in [1.29, 1.82) is 0 Å². The molecule has 4 nitrogen and oxygen atoms in total. The first-order valence-electron chi connectivity index (χ1n) is 5.50. The molecule has 0 spiro atoms. The van der Waals surface area contributed by atoms with Gasteiger partial charge in [0, 0.05) is 24.5 Å². The van der Waals surface area contributed by atoms with Crippen molar-refractivity contribution in [3.63, 3.8) is 0 Å². The van der Waals surface area contributed by atoms with Gasteiger partial charge in [-0.15, -0.1) is 12.4 Å². The van der Waals surface area contributed by atoms with Gasteiger partial charge in [0.25, 0.3) is 0 Å². The number of benzene rings is 1. The van der Waals surface area contributed by atoms with Gasteiger partial charge in [0.05, 0.1) is 5.75 Å². The third-order valence-corrected chi connectivity index (χ3v) is 3.77. The van der Waals surface area contributed by atoms with Crippen molar-refractivity contribution in [2.24, 2.45) is 0 Å². The Balaban J connectivity index is 0.00000289. The summed E-state index contributed by atoms with van der Waals surface area (Å²) in [5.41, 5.74) is 7.52. The topological polar surface area (TPSA) is 63.4 Å². The molecular formula is C12H21ClN2O2S. The Hall–Kier alpha value is -0.780. The predicted molar refractivity (Wildman–Crippen MR) is 78.7 cm³/mol. The van der Waals surface area contributed by atoms with Crippen LogP contribution in [0, 0.1) is 0 Å². The van der Waals surface area contributed by atoms with Gasteiger partial charge in [-0.05, 0) is 31.7 Å². The van der Waals surface area contributed by atoms with Crippen LogP contribution in [0.25, 0.3) is 0 Å². The Kier molecular flexibility index (Phi) is 6.67. The van der Waals surface area contributed by atoms with Crippen LogP contribution in [0.4, 0.5) is 5.69 Å². The van der Waals surface area contributed by atoms with Crippen LogP contribution in [0.15, 0.2) is 24.3 Å². The average Bonchev–Trinajstić information content (AvgIpc) is 2.14. The second-order valence-electron chi connectivity index (χ2n) is 4.60. The molecule has 0 bridgehead atoms. The highest BCUT2D eigenvalue weighted by Gasteiger charge is 2.15. The van der Waals surface area contributed by atoms with Gasteiger partial charge in [-0.2, -0.15) is 0 Å². The monoisotopic (exact) mass is 292 g/mol. The molecule has 18 heavy (non-hydrogen) atoms. The van der Waals surface area contributed by atoms with Crippen LogP contribution in [0.2, 0.25) is 0 Å². The molecule has 0 aromatic heterocycles. The fourth-order valence-electron chi connectivity index (χ4n) is 1.70. The van der Waals surface area contributed by atoms with Gasteiger partial charge in [0.15, 0.2) is 0 Å². The van der Waals surface area contributed by atoms with Crippen molar-refractivity contribution < 1.29 is 8.42 Å². The molecule has 104 valence electrons. The van der Waals surface area contributed by atoms with E-state index < -0.39 is 9.84 Å². The minimum absolute atomic E-state index is 0. The number of anilines is 1. The van der Waals surface area contributed by atoms with Gasteiger partial charge >= 0.3 is 0 Å². The molecule has 1 aromatic rings. The first-order valence-corrected chi connectivity index (χ1v) is 7.56. The molecular weight excluding hydrogens is 272 g/mol. The zero-order chi connectivity index (χ0) is 13.1. The summed E-state index contributed by atoms with van der Waals surface area (Å²) in [6, 6.07) is 7.62. The Labute approximate surface area is 115 Å². The summed E-state index contributed by atoms with van der Waals surface area (Å²) < 4.78 is 22.4. The second kappa shape index (κ2) is 6.97. The van der Waals surface area contributed by atoms with Crippen LogP contribution in [-0.2, 0) is 16.4 Å². The summed E-state index contributed by atoms with van der Waals surface area (Å²) in [5.74, 6) is 0.172. The van der Waals surface area contributed by atoms with Gasteiger partial charge in [0.2, 0.25) is 0 Å². The van der Waals surface area contributed by atoms with Crippen LogP contribution in [-0.4, -0.2) is 38.4 Å². The maximum Gasteiger partial charge on any atom is 0.148 e. The smallest absolute Gasteiger partial charge is 0.148 e. The molecule has 0 radical (unpaired) electrons. The first-order chi connectivity index (χ1) is 7.78. The molecule has 0 saturated heterocycles. The van der Waals surface area contributed by atoms with E-state index in [1.165, 1.54) is 6.26 Å². The molecule has 1 rings (SSSR count). The van der Waals surface area contributed by atoms with E-state index in [1.54, 1.807) is 0 Å². The zero-order valence-corrected chi connectivity index (χ0v) is 12.6. The van der Waals surface area contributed by atoms with E-state index in [9.17, 15) is 8.42 Å². The summed E-state index contributed by atoms with van der Waals surface area (Å²) in [7, 11) is -1.02. The average molecular weight is 293 g/mol. The minimum atomic E-state index is -2.94. The molecule has 0 aliphatic carbocycles. The molecule has 6 heteroatoms. The summed E-state index contributed by atoms with van der Waals surface area (Å²) in [4.78, 5) is 2.01. The minimum Gasteiger partial charge on any atom is -0.399 e. The number of hydrogen-bond acceptors (Lipinski definition) is 4. The first kappa shape index (κ1) is 17.2. The molecule has 1 aromatic carbocycles. The number of rotatable bonds is 5. The Morgan fingerprint density at radius 1 is 1.39 bits per heavy atom. The van der Waals surface area contributed by atoms with Gasteiger partial charge in [-0.25, -0.2) is 8.42 Å². The summed E-state index contributed by atoms with van der Waals surface area (Å²) >= 11 is 0. The lowest BCUT2D eigenvalue weighted by atomic mass is 10.2. The van der Waals surface area contributed by atoms with Gasteiger partial charge in [-0.3, -0.25) is 4.90 Å². The number of nitrogens with zero attached hydrogens (tertiary/aromatic N) is 1. The van der Waals surface area contributed by atoms with Gasteiger partial charge in [0.1, 0.15) is 9.84 Å². The summed E-state index contributed by atoms with van der Waals surface area (Å²) in [6.07, 6.45) is 1.26. The number of nitrogens with two attached hydrogens (primary N) is 1. The maximum atomic E-state index is 11.2. The Bertz CT molecular complexity index is 477. The molecule has 0 aliphatic heterocycles. The quantitative estimate of drug-likeness (QED) is 0.837. The molecule has 0 heterocycles. The normalized spacial score (nSPS) is 13.1. The lowest BCUT2D eigenvalue weighted by Gasteiger charge is -2.24. The van der Waals surface area contributed by atoms with Crippen molar-refractivity contribution in [1.82, 2.24) is 4.90 Å². The molecule has 0 aliphatic rings. The molecule has 1 atom stereocenters. The fraction of sp³-hybridized carbons (Fsp3) is 0.500. The fourth-order valence-corrected chi connectivity index (χ4v) is 2.83. The largest absolute Gasteiger partial charge is 0.399 e. The molecule has 0 amide bonds. The van der Waals surface area contributed by atoms with Crippen LogP contribution in [0.5, 0.6) is 0 Å². The predicted octanol–water partition coefficient (Wildman–Crippen LogP) is 1.56. The SMILES string of the molecule is CC(CS(C)(=O)=O)N(C)Cc1cccc(N)c1.Cl. The van der Waals surface area contributed by atoms with E-state index in [-0.39, 0.29) is 24.2 Å². The van der Waals surface area contributed by atoms with Crippen LogP contribution in [0.1, 0.15) is 12.5 Å². The lowest BCUT2D eigenvalue weighted by molar-refractivity contribution is 0.267. The zero-order valence-electron chi connectivity index (χ0n) is 11.0. The van der Waals surface area contributed by atoms with Crippen molar-refractivity contribution in [3.05, 3.63) is 29.8 Å². The van der Waals surface area contributed by atoms with Gasteiger partial charge < -0.3 is 5.73 Å². The maximum absolute atomic E-state index is 11.2. The van der Waals surface area contributed by atoms with Crippen molar-refractivity contribution in [2.45, 2.75) is 19.5 Å². The van der Waals surface area contributed by atoms with E-state index in [4.69, 9.17) is 5.73 Å². The van der Waals surface area contributed by atoms with E-state index in [0.29, 0.717) is 6.54 Å². The van der Waals surface area contributed by atoms with Crippen molar-refractivity contribution >= 4 is 27.9 Å². The highest BCUT2D eigenvalue weighted by Crippen LogP contribution is 2.11. The molecule has 0 fully saturated rings. The highest BCUT2D eigenvalue weighted by molar-refractivity contribution is 7.90. The summed E-state index contributed by atoms with van der Waals surface area (Å²) in [6.45, 7) is 2.61. The standard InChI is InChI=1S/C12H20N2O2S.ClH/c1-10(9-17(3,15)16)14(2)8-11-5-4-6-12(13)7-11;/h4-7,10H,8-9,13H2,1-3H3;1H. The van der Waals surface area contributed by atoms with Gasteiger partial charge in [-0.1, -0.05) is 12.1 Å². The Morgan fingerprint density at radius 3 is 2.50 bits per heavy atom. The Morgan fingerprint density at radius 2 is 2.00 bits per heavy atom. The van der Waals surface area contributed by atoms with Crippen LogP contribution < -0.4 is 5.73 Å². The van der Waals surface area contributed by atoms with E-state index in [1.807, 2.05) is 43.1 Å². The molecule has 1 unspecified atom stereocenters.